The van der Waals surface area contributed by atoms with Crippen LogP contribution in [-0.4, -0.2) is 31.6 Å². The fourth-order valence-electron chi connectivity index (χ4n) is 3.37. The van der Waals surface area contributed by atoms with Gasteiger partial charge in [0.15, 0.2) is 0 Å². The molecule has 1 unspecified atom stereocenters. The Kier molecular flexibility index (Phi) is 5.21. The summed E-state index contributed by atoms with van der Waals surface area (Å²) in [5.74, 6) is 0.0694. The Morgan fingerprint density at radius 2 is 2.09 bits per heavy atom. The zero-order chi connectivity index (χ0) is 15.4. The molecule has 2 aliphatic heterocycles. The SMILES string of the molecule is O=C(CC1CCCN1)Nc1cc(Cl)ccc1N1CCCCC1. The van der Waals surface area contributed by atoms with Crippen molar-refractivity contribution in [2.75, 3.05) is 29.9 Å². The summed E-state index contributed by atoms with van der Waals surface area (Å²) in [5.41, 5.74) is 1.94. The van der Waals surface area contributed by atoms with Gasteiger partial charge in [0.05, 0.1) is 11.4 Å². The standard InChI is InChI=1S/C17H24ClN3O/c18-13-6-7-16(21-9-2-1-3-10-21)15(11-13)20-17(22)12-14-5-4-8-19-14/h6-7,11,14,19H,1-5,8-10,12H2,(H,20,22). The van der Waals surface area contributed by atoms with Crippen molar-refractivity contribution in [3.05, 3.63) is 23.2 Å². The van der Waals surface area contributed by atoms with E-state index in [1.165, 1.54) is 19.3 Å². The molecule has 2 N–H and O–H groups in total. The molecule has 2 saturated heterocycles. The second-order valence-corrected chi connectivity index (χ2v) is 6.69. The van der Waals surface area contributed by atoms with Gasteiger partial charge in [0.1, 0.15) is 0 Å². The highest BCUT2D eigenvalue weighted by atomic mass is 35.5. The molecule has 1 aromatic rings. The van der Waals surface area contributed by atoms with E-state index in [-0.39, 0.29) is 5.91 Å². The van der Waals surface area contributed by atoms with E-state index in [0.717, 1.165) is 43.9 Å². The number of hydrogen-bond donors (Lipinski definition) is 2. The maximum atomic E-state index is 12.3. The van der Waals surface area contributed by atoms with E-state index in [2.05, 4.69) is 15.5 Å². The van der Waals surface area contributed by atoms with E-state index in [4.69, 9.17) is 11.6 Å². The van der Waals surface area contributed by atoms with Crippen LogP contribution in [0.15, 0.2) is 18.2 Å². The van der Waals surface area contributed by atoms with Crippen molar-refractivity contribution in [2.24, 2.45) is 0 Å². The first-order chi connectivity index (χ1) is 10.7. The Morgan fingerprint density at radius 1 is 1.27 bits per heavy atom. The van der Waals surface area contributed by atoms with Crippen LogP contribution < -0.4 is 15.5 Å². The minimum Gasteiger partial charge on any atom is -0.370 e. The number of piperidine rings is 1. The van der Waals surface area contributed by atoms with Crippen LogP contribution in [0.2, 0.25) is 5.02 Å². The molecule has 1 atom stereocenters. The van der Waals surface area contributed by atoms with E-state index < -0.39 is 0 Å². The Bertz CT molecular complexity index is 523. The largest absolute Gasteiger partial charge is 0.370 e. The smallest absolute Gasteiger partial charge is 0.225 e. The van der Waals surface area contributed by atoms with Gasteiger partial charge in [-0.1, -0.05) is 11.6 Å². The number of anilines is 2. The second kappa shape index (κ2) is 7.34. The zero-order valence-corrected chi connectivity index (χ0v) is 13.7. The van der Waals surface area contributed by atoms with Gasteiger partial charge in [0.2, 0.25) is 5.91 Å². The first-order valence-corrected chi connectivity index (χ1v) is 8.68. The number of halogens is 1. The van der Waals surface area contributed by atoms with Gasteiger partial charge in [0, 0.05) is 30.6 Å². The molecule has 3 rings (SSSR count). The van der Waals surface area contributed by atoms with E-state index >= 15 is 0 Å². The number of amides is 1. The number of carbonyl (C=O) groups is 1. The van der Waals surface area contributed by atoms with Crippen molar-refractivity contribution in [3.63, 3.8) is 0 Å². The highest BCUT2D eigenvalue weighted by molar-refractivity contribution is 6.31. The summed E-state index contributed by atoms with van der Waals surface area (Å²) >= 11 is 6.13. The lowest BCUT2D eigenvalue weighted by atomic mass is 10.1. The van der Waals surface area contributed by atoms with Gasteiger partial charge in [-0.25, -0.2) is 0 Å². The van der Waals surface area contributed by atoms with Crippen molar-refractivity contribution in [3.8, 4) is 0 Å². The lowest BCUT2D eigenvalue weighted by Crippen LogP contribution is -2.31. The van der Waals surface area contributed by atoms with Gasteiger partial charge >= 0.3 is 0 Å². The molecular formula is C17H24ClN3O. The Balaban J connectivity index is 1.70. The van der Waals surface area contributed by atoms with E-state index in [9.17, 15) is 4.79 Å². The highest BCUT2D eigenvalue weighted by Crippen LogP contribution is 2.31. The molecule has 2 heterocycles. The molecule has 2 aliphatic rings. The molecule has 22 heavy (non-hydrogen) atoms. The van der Waals surface area contributed by atoms with E-state index in [1.54, 1.807) is 0 Å². The number of hydrogen-bond acceptors (Lipinski definition) is 3. The van der Waals surface area contributed by atoms with Crippen molar-refractivity contribution < 1.29 is 4.79 Å². The maximum Gasteiger partial charge on any atom is 0.225 e. The third kappa shape index (κ3) is 3.93. The summed E-state index contributed by atoms with van der Waals surface area (Å²) < 4.78 is 0. The van der Waals surface area contributed by atoms with Gasteiger partial charge in [-0.05, 0) is 56.8 Å². The fraction of sp³-hybridized carbons (Fsp3) is 0.588. The van der Waals surface area contributed by atoms with E-state index in [1.807, 2.05) is 18.2 Å². The van der Waals surface area contributed by atoms with Crippen LogP contribution in [0, 0.1) is 0 Å². The second-order valence-electron chi connectivity index (χ2n) is 6.25. The summed E-state index contributed by atoms with van der Waals surface area (Å²) in [6.07, 6.45) is 6.49. The van der Waals surface area contributed by atoms with Crippen LogP contribution >= 0.6 is 11.6 Å². The monoisotopic (exact) mass is 321 g/mol. The highest BCUT2D eigenvalue weighted by Gasteiger charge is 2.20. The zero-order valence-electron chi connectivity index (χ0n) is 12.9. The Morgan fingerprint density at radius 3 is 2.82 bits per heavy atom. The van der Waals surface area contributed by atoms with Gasteiger partial charge in [-0.2, -0.15) is 0 Å². The number of carbonyl (C=O) groups excluding carboxylic acids is 1. The predicted molar refractivity (Wildman–Crippen MR) is 91.8 cm³/mol. The number of rotatable bonds is 4. The van der Waals surface area contributed by atoms with Crippen LogP contribution in [0.4, 0.5) is 11.4 Å². The Hall–Kier alpha value is -1.26. The topological polar surface area (TPSA) is 44.4 Å². The van der Waals surface area contributed by atoms with Gasteiger partial charge in [-0.3, -0.25) is 4.79 Å². The molecule has 1 amide bonds. The third-order valence-corrected chi connectivity index (χ3v) is 4.76. The molecule has 0 saturated carbocycles. The quantitative estimate of drug-likeness (QED) is 0.893. The molecule has 2 fully saturated rings. The minimum absolute atomic E-state index is 0.0694. The van der Waals surface area contributed by atoms with Crippen LogP contribution in [0.1, 0.15) is 38.5 Å². The van der Waals surface area contributed by atoms with Gasteiger partial charge < -0.3 is 15.5 Å². The first-order valence-electron chi connectivity index (χ1n) is 8.30. The molecule has 0 spiro atoms. The van der Waals surface area contributed by atoms with Crippen LogP contribution in [-0.2, 0) is 4.79 Å². The summed E-state index contributed by atoms with van der Waals surface area (Å²) in [4.78, 5) is 14.7. The Labute approximate surface area is 137 Å². The molecule has 1 aromatic carbocycles. The molecular weight excluding hydrogens is 298 g/mol. The first kappa shape index (κ1) is 15.6. The van der Waals surface area contributed by atoms with Crippen molar-refractivity contribution in [2.45, 2.75) is 44.6 Å². The lowest BCUT2D eigenvalue weighted by Gasteiger charge is -2.30. The van der Waals surface area contributed by atoms with Crippen molar-refractivity contribution in [1.29, 1.82) is 0 Å². The minimum atomic E-state index is 0.0694. The normalized spacial score (nSPS) is 21.9. The van der Waals surface area contributed by atoms with Crippen molar-refractivity contribution >= 4 is 28.9 Å². The number of nitrogens with zero attached hydrogens (tertiary/aromatic N) is 1. The molecule has 0 aliphatic carbocycles. The van der Waals surface area contributed by atoms with Crippen molar-refractivity contribution in [1.82, 2.24) is 5.32 Å². The number of benzene rings is 1. The van der Waals surface area contributed by atoms with Crippen LogP contribution in [0.5, 0.6) is 0 Å². The average Bonchev–Trinajstić information content (AvgIpc) is 3.01. The van der Waals surface area contributed by atoms with Gasteiger partial charge in [0.25, 0.3) is 0 Å². The van der Waals surface area contributed by atoms with E-state index in [0.29, 0.717) is 17.5 Å². The van der Waals surface area contributed by atoms with Crippen LogP contribution in [0.25, 0.3) is 0 Å². The van der Waals surface area contributed by atoms with Gasteiger partial charge in [-0.15, -0.1) is 0 Å². The molecule has 120 valence electrons. The summed E-state index contributed by atoms with van der Waals surface area (Å²) in [7, 11) is 0. The summed E-state index contributed by atoms with van der Waals surface area (Å²) in [6, 6.07) is 6.11. The summed E-state index contributed by atoms with van der Waals surface area (Å²) in [6.45, 7) is 3.12. The maximum absolute atomic E-state index is 12.3. The molecule has 4 nitrogen and oxygen atoms in total. The molecule has 0 aromatic heterocycles. The van der Waals surface area contributed by atoms with Crippen LogP contribution in [0.3, 0.4) is 0 Å². The average molecular weight is 322 g/mol. The molecule has 5 heteroatoms. The lowest BCUT2D eigenvalue weighted by molar-refractivity contribution is -0.116. The molecule has 0 bridgehead atoms. The number of nitrogens with one attached hydrogen (secondary N) is 2. The predicted octanol–water partition coefficient (Wildman–Crippen LogP) is 3.41. The molecule has 0 radical (unpaired) electrons. The third-order valence-electron chi connectivity index (χ3n) is 4.52. The summed E-state index contributed by atoms with van der Waals surface area (Å²) in [5, 5.41) is 7.10. The fourth-order valence-corrected chi connectivity index (χ4v) is 3.55.